The van der Waals surface area contributed by atoms with Gasteiger partial charge in [0.25, 0.3) is 5.91 Å². The molecule has 1 N–H and O–H groups in total. The zero-order chi connectivity index (χ0) is 24.3. The summed E-state index contributed by atoms with van der Waals surface area (Å²) >= 11 is 0. The minimum atomic E-state index is -0.573. The molecule has 1 saturated carbocycles. The molecule has 2 aromatic carbocycles. The highest BCUT2D eigenvalue weighted by Gasteiger charge is 2.30. The standard InChI is InChI=1S/C27H36N2O5/c1-4-25(27(31)28-21-8-6-5-7-9-21)29(18-20-10-12-22(32-2)13-11-20)26(30)19-34-24-16-14-23(33-3)15-17-24/h10-17,21,25H,4-9,18-19H2,1-3H3,(H,28,31)/t25-/m1/s1. The molecule has 0 aliphatic heterocycles. The van der Waals surface area contributed by atoms with Crippen LogP contribution in [0.3, 0.4) is 0 Å². The molecule has 0 heterocycles. The molecule has 7 nitrogen and oxygen atoms in total. The molecule has 0 saturated heterocycles. The first-order valence-electron chi connectivity index (χ1n) is 12.0. The third-order valence-electron chi connectivity index (χ3n) is 6.27. The summed E-state index contributed by atoms with van der Waals surface area (Å²) in [6.45, 7) is 2.09. The monoisotopic (exact) mass is 468 g/mol. The molecule has 3 rings (SSSR count). The van der Waals surface area contributed by atoms with Crippen molar-refractivity contribution in [3.8, 4) is 17.2 Å². The molecule has 1 aliphatic rings. The highest BCUT2D eigenvalue weighted by molar-refractivity contribution is 5.88. The van der Waals surface area contributed by atoms with Crippen LogP contribution in [0.5, 0.6) is 17.2 Å². The fourth-order valence-electron chi connectivity index (χ4n) is 4.29. The number of carbonyl (C=O) groups is 2. The molecule has 1 fully saturated rings. The van der Waals surface area contributed by atoms with Crippen LogP contribution >= 0.6 is 0 Å². The van der Waals surface area contributed by atoms with Crippen LogP contribution in [0, 0.1) is 0 Å². The lowest BCUT2D eigenvalue weighted by molar-refractivity contribution is -0.143. The normalized spacial score (nSPS) is 14.7. The van der Waals surface area contributed by atoms with Crippen LogP contribution in [0.4, 0.5) is 0 Å². The first-order chi connectivity index (χ1) is 16.5. The fraction of sp³-hybridized carbons (Fsp3) is 0.481. The molecule has 1 aliphatic carbocycles. The van der Waals surface area contributed by atoms with E-state index in [0.29, 0.717) is 24.5 Å². The highest BCUT2D eigenvalue weighted by atomic mass is 16.5. The van der Waals surface area contributed by atoms with E-state index < -0.39 is 6.04 Å². The second-order valence-electron chi connectivity index (χ2n) is 8.60. The lowest BCUT2D eigenvalue weighted by atomic mass is 9.95. The third-order valence-corrected chi connectivity index (χ3v) is 6.27. The van der Waals surface area contributed by atoms with Gasteiger partial charge in [0.1, 0.15) is 23.3 Å². The van der Waals surface area contributed by atoms with Crippen LogP contribution in [0.2, 0.25) is 0 Å². The van der Waals surface area contributed by atoms with Crippen molar-refractivity contribution in [2.45, 2.75) is 64.1 Å². The average molecular weight is 469 g/mol. The van der Waals surface area contributed by atoms with E-state index in [-0.39, 0.29) is 24.5 Å². The molecule has 0 unspecified atom stereocenters. The van der Waals surface area contributed by atoms with Crippen molar-refractivity contribution in [2.24, 2.45) is 0 Å². The molecule has 1 atom stereocenters. The Morgan fingerprint density at radius 1 is 0.912 bits per heavy atom. The van der Waals surface area contributed by atoms with Crippen molar-refractivity contribution in [1.82, 2.24) is 10.2 Å². The molecular formula is C27H36N2O5. The molecule has 0 aromatic heterocycles. The van der Waals surface area contributed by atoms with Gasteiger partial charge in [-0.25, -0.2) is 0 Å². The summed E-state index contributed by atoms with van der Waals surface area (Å²) in [5.74, 6) is 1.69. The maximum Gasteiger partial charge on any atom is 0.261 e. The van der Waals surface area contributed by atoms with Gasteiger partial charge in [0.05, 0.1) is 14.2 Å². The van der Waals surface area contributed by atoms with Crippen LogP contribution in [0.15, 0.2) is 48.5 Å². The van der Waals surface area contributed by atoms with Crippen LogP contribution in [0.1, 0.15) is 51.0 Å². The van der Waals surface area contributed by atoms with Crippen molar-refractivity contribution in [3.63, 3.8) is 0 Å². The number of carbonyl (C=O) groups excluding carboxylic acids is 2. The Labute approximate surface area is 202 Å². The number of methoxy groups -OCH3 is 2. The summed E-state index contributed by atoms with van der Waals surface area (Å²) in [5.41, 5.74) is 0.919. The van der Waals surface area contributed by atoms with Gasteiger partial charge in [-0.05, 0) is 61.2 Å². The maximum absolute atomic E-state index is 13.3. The number of nitrogens with one attached hydrogen (secondary N) is 1. The van der Waals surface area contributed by atoms with Crippen LogP contribution in [-0.4, -0.2) is 49.6 Å². The topological polar surface area (TPSA) is 77.1 Å². The Morgan fingerprint density at radius 3 is 2.03 bits per heavy atom. The summed E-state index contributed by atoms with van der Waals surface area (Å²) in [6.07, 6.45) is 5.99. The summed E-state index contributed by atoms with van der Waals surface area (Å²) in [5, 5.41) is 3.19. The van der Waals surface area contributed by atoms with E-state index in [0.717, 1.165) is 37.0 Å². The van der Waals surface area contributed by atoms with E-state index in [1.807, 2.05) is 31.2 Å². The van der Waals surface area contributed by atoms with Crippen molar-refractivity contribution in [3.05, 3.63) is 54.1 Å². The number of benzene rings is 2. The zero-order valence-corrected chi connectivity index (χ0v) is 20.4. The maximum atomic E-state index is 13.3. The van der Waals surface area contributed by atoms with E-state index in [9.17, 15) is 9.59 Å². The molecule has 34 heavy (non-hydrogen) atoms. The minimum absolute atomic E-state index is 0.0966. The van der Waals surface area contributed by atoms with Gasteiger partial charge < -0.3 is 24.4 Å². The summed E-state index contributed by atoms with van der Waals surface area (Å²) < 4.78 is 16.2. The van der Waals surface area contributed by atoms with Crippen LogP contribution < -0.4 is 19.5 Å². The average Bonchev–Trinajstić information content (AvgIpc) is 2.88. The van der Waals surface area contributed by atoms with Gasteiger partial charge in [-0.15, -0.1) is 0 Å². The Bertz CT molecular complexity index is 908. The van der Waals surface area contributed by atoms with Gasteiger partial charge in [-0.1, -0.05) is 38.3 Å². The Kier molecular flexibility index (Phi) is 9.62. The second kappa shape index (κ2) is 12.9. The molecule has 0 radical (unpaired) electrons. The minimum Gasteiger partial charge on any atom is -0.497 e. The van der Waals surface area contributed by atoms with Gasteiger partial charge in [-0.2, -0.15) is 0 Å². The van der Waals surface area contributed by atoms with E-state index in [2.05, 4.69) is 5.32 Å². The largest absolute Gasteiger partial charge is 0.497 e. The highest BCUT2D eigenvalue weighted by Crippen LogP contribution is 2.21. The first kappa shape index (κ1) is 25.4. The molecule has 2 aromatic rings. The van der Waals surface area contributed by atoms with Gasteiger partial charge in [0.15, 0.2) is 6.61 Å². The molecule has 0 bridgehead atoms. The summed E-state index contributed by atoms with van der Waals surface area (Å²) in [6, 6.07) is 14.2. The van der Waals surface area contributed by atoms with Gasteiger partial charge in [0, 0.05) is 12.6 Å². The van der Waals surface area contributed by atoms with E-state index in [1.165, 1.54) is 6.42 Å². The number of amides is 2. The second-order valence-corrected chi connectivity index (χ2v) is 8.60. The van der Waals surface area contributed by atoms with Crippen LogP contribution in [0.25, 0.3) is 0 Å². The third kappa shape index (κ3) is 7.14. The number of ether oxygens (including phenoxy) is 3. The van der Waals surface area contributed by atoms with Crippen molar-refractivity contribution in [2.75, 3.05) is 20.8 Å². The molecule has 184 valence electrons. The molecular weight excluding hydrogens is 432 g/mol. The Morgan fingerprint density at radius 2 is 1.47 bits per heavy atom. The predicted molar refractivity (Wildman–Crippen MR) is 131 cm³/mol. The van der Waals surface area contributed by atoms with Crippen molar-refractivity contribution >= 4 is 11.8 Å². The van der Waals surface area contributed by atoms with Crippen molar-refractivity contribution < 1.29 is 23.8 Å². The number of nitrogens with zero attached hydrogens (tertiary/aromatic N) is 1. The van der Waals surface area contributed by atoms with Crippen molar-refractivity contribution in [1.29, 1.82) is 0 Å². The first-order valence-corrected chi connectivity index (χ1v) is 12.0. The smallest absolute Gasteiger partial charge is 0.261 e. The zero-order valence-electron chi connectivity index (χ0n) is 20.4. The van der Waals surface area contributed by atoms with E-state index >= 15 is 0 Å². The number of hydrogen-bond donors (Lipinski definition) is 1. The Balaban J connectivity index is 1.73. The number of rotatable bonds is 11. The molecule has 2 amide bonds. The predicted octanol–water partition coefficient (Wildman–Crippen LogP) is 4.34. The quantitative estimate of drug-likeness (QED) is 0.531. The number of hydrogen-bond acceptors (Lipinski definition) is 5. The lowest BCUT2D eigenvalue weighted by Crippen LogP contribution is -2.52. The van der Waals surface area contributed by atoms with Gasteiger partial charge in [-0.3, -0.25) is 9.59 Å². The van der Waals surface area contributed by atoms with Gasteiger partial charge in [0.2, 0.25) is 5.91 Å². The lowest BCUT2D eigenvalue weighted by Gasteiger charge is -2.32. The summed E-state index contributed by atoms with van der Waals surface area (Å²) in [4.78, 5) is 28.2. The molecule has 0 spiro atoms. The summed E-state index contributed by atoms with van der Waals surface area (Å²) in [7, 11) is 3.21. The Hall–Kier alpha value is -3.22. The van der Waals surface area contributed by atoms with E-state index in [1.54, 1.807) is 43.4 Å². The fourth-order valence-corrected chi connectivity index (χ4v) is 4.29. The molecule has 7 heteroatoms. The SMILES string of the molecule is CC[C@H](C(=O)NC1CCCCC1)N(Cc1ccc(OC)cc1)C(=O)COc1ccc(OC)cc1. The van der Waals surface area contributed by atoms with E-state index in [4.69, 9.17) is 14.2 Å². The van der Waals surface area contributed by atoms with Crippen LogP contribution in [-0.2, 0) is 16.1 Å². The van der Waals surface area contributed by atoms with Gasteiger partial charge >= 0.3 is 0 Å².